The van der Waals surface area contributed by atoms with Gasteiger partial charge in [0.2, 0.25) is 0 Å². The molecule has 16 heteroatoms. The van der Waals surface area contributed by atoms with Crippen molar-refractivity contribution in [2.75, 3.05) is 27.7 Å². The average molecular weight is 932 g/mol. The lowest BCUT2D eigenvalue weighted by Crippen LogP contribution is -2.61. The van der Waals surface area contributed by atoms with Gasteiger partial charge in [-0.3, -0.25) is 14.4 Å². The molecule has 0 saturated carbocycles. The Balaban J connectivity index is 1.35. The Morgan fingerprint density at radius 1 is 0.955 bits per heavy atom. The fourth-order valence-corrected chi connectivity index (χ4v) is 11.0. The lowest BCUT2D eigenvalue weighted by Gasteiger charge is -2.48. The Bertz CT molecular complexity index is 2230. The molecule has 67 heavy (non-hydrogen) atoms. The van der Waals surface area contributed by atoms with Crippen LogP contribution in [0.2, 0.25) is 0 Å². The van der Waals surface area contributed by atoms with E-state index in [-0.39, 0.29) is 43.7 Å². The van der Waals surface area contributed by atoms with E-state index in [1.54, 1.807) is 55.5 Å². The predicted molar refractivity (Wildman–Crippen MR) is 250 cm³/mol. The molecule has 1 aromatic carbocycles. The first kappa shape index (κ1) is 51.6. The molecule has 0 spiro atoms. The van der Waals surface area contributed by atoms with E-state index in [9.17, 15) is 19.2 Å². The number of hydrogen-bond acceptors (Lipinski definition) is 14. The van der Waals surface area contributed by atoms with E-state index in [0.717, 1.165) is 5.52 Å². The van der Waals surface area contributed by atoms with E-state index < -0.39 is 94.9 Å². The average Bonchev–Trinajstić information content (AvgIpc) is 3.88. The molecule has 368 valence electrons. The second-order valence-corrected chi connectivity index (χ2v) is 20.1. The van der Waals surface area contributed by atoms with E-state index in [2.05, 4.69) is 28.4 Å². The summed E-state index contributed by atoms with van der Waals surface area (Å²) in [5.74, 6) is -5.80. The molecule has 3 aromatic rings. The summed E-state index contributed by atoms with van der Waals surface area (Å²) in [5, 5.41) is 0. The van der Waals surface area contributed by atoms with Gasteiger partial charge in [0.25, 0.3) is 0 Å². The van der Waals surface area contributed by atoms with Gasteiger partial charge in [-0.25, -0.2) is 19.6 Å². The summed E-state index contributed by atoms with van der Waals surface area (Å²) >= 11 is 0. The van der Waals surface area contributed by atoms with Crippen LogP contribution >= 0.6 is 0 Å². The van der Waals surface area contributed by atoms with Crippen molar-refractivity contribution in [1.29, 1.82) is 0 Å². The molecule has 1 amide bonds. The van der Waals surface area contributed by atoms with Gasteiger partial charge in [0, 0.05) is 43.1 Å². The minimum Gasteiger partial charge on any atom is -0.457 e. The Morgan fingerprint density at radius 2 is 1.66 bits per heavy atom. The summed E-state index contributed by atoms with van der Waals surface area (Å²) in [6, 6.07) is 11.3. The van der Waals surface area contributed by atoms with Crippen molar-refractivity contribution < 1.29 is 52.4 Å². The van der Waals surface area contributed by atoms with Gasteiger partial charge in [0.05, 0.1) is 47.3 Å². The van der Waals surface area contributed by atoms with Crippen LogP contribution in [0.25, 0.3) is 11.2 Å². The zero-order chi connectivity index (χ0) is 49.2. The minimum atomic E-state index is -1.41. The predicted octanol–water partition coefficient (Wildman–Crippen LogP) is 7.41. The molecule has 3 fully saturated rings. The van der Waals surface area contributed by atoms with E-state index in [4.69, 9.17) is 28.4 Å². The van der Waals surface area contributed by atoms with Gasteiger partial charge < -0.3 is 42.8 Å². The van der Waals surface area contributed by atoms with Gasteiger partial charge in [0.15, 0.2) is 29.4 Å². The molecule has 3 aliphatic rings. The monoisotopic (exact) mass is 932 g/mol. The third kappa shape index (κ3) is 10.3. The number of hydrogen-bond donors (Lipinski definition) is 0. The number of likely N-dealkylation sites (N-methyl/N-ethyl adjacent to an activating group) is 1. The van der Waals surface area contributed by atoms with Crippen LogP contribution in [-0.2, 0) is 48.3 Å². The number of Topliss-reactive ketones (excluding diaryl/α,β-unsaturated/α-hetero) is 2. The molecule has 2 aromatic heterocycles. The standard InChI is InChI=1S/C51H73N5O11/c1-14-38-51(15-2)42(55(48(61)67-51)26-20-24-49(8,9)56-29-53-44-36(56)23-19-25-52-44)32(5)39(57)30(3)28-50(10,62-13)43(33(6)40(58)34(7)45(59)64-38)66-47-41(37(54(11)12)27-31(4)63-47)65-46(60)35-21-17-16-18-22-35/h16-19,21-23,25,29-34,37-38,41-43,47H,14-15,20,24,26-28H2,1-13H3/t30-,31-,32+,33+,34-,37+,38-,41-,42-,43-,47?,50+,51-/m1/s1. The van der Waals surface area contributed by atoms with Crippen LogP contribution in [0.3, 0.4) is 0 Å². The number of amides is 1. The number of pyridine rings is 1. The topological polar surface area (TPSA) is 178 Å². The number of rotatable bonds is 13. The normalized spacial score (nSPS) is 33.6. The summed E-state index contributed by atoms with van der Waals surface area (Å²) in [6.07, 6.45) is 0.609. The van der Waals surface area contributed by atoms with Crippen molar-refractivity contribution in [2.24, 2.45) is 23.7 Å². The highest BCUT2D eigenvalue weighted by Gasteiger charge is 2.62. The first-order chi connectivity index (χ1) is 31.6. The first-order valence-electron chi connectivity index (χ1n) is 24.0. The summed E-state index contributed by atoms with van der Waals surface area (Å²) < 4.78 is 40.8. The number of fused-ring (bicyclic) bond motifs is 2. The van der Waals surface area contributed by atoms with E-state index in [0.29, 0.717) is 30.5 Å². The Hall–Kier alpha value is -4.77. The fraction of sp³-hybridized carbons (Fsp3) is 0.667. The van der Waals surface area contributed by atoms with Gasteiger partial charge in [0.1, 0.15) is 17.8 Å². The van der Waals surface area contributed by atoms with Gasteiger partial charge >= 0.3 is 18.0 Å². The summed E-state index contributed by atoms with van der Waals surface area (Å²) in [5.41, 5.74) is -1.28. The van der Waals surface area contributed by atoms with E-state index in [1.807, 2.05) is 71.8 Å². The van der Waals surface area contributed by atoms with Crippen molar-refractivity contribution in [3.05, 3.63) is 60.6 Å². The van der Waals surface area contributed by atoms with Crippen LogP contribution < -0.4 is 0 Å². The zero-order valence-corrected chi connectivity index (χ0v) is 41.7. The number of nitrogens with zero attached hydrogens (tertiary/aromatic N) is 5. The SMILES string of the molecule is CC[C@H]1OC(=O)[C@H](C)C(=O)[C@H](C)[C@@H](OC2O[C@H](C)C[C@H](N(C)C)[C@H]2OC(=O)c2ccccc2)[C@@](C)(OC)C[C@@H](C)C(=O)[C@H](C)[C@H]2N(CCCC(C)(C)n3cnc4ncccc43)C(=O)O[C@]12CC. The molecule has 1 unspecified atom stereocenters. The van der Waals surface area contributed by atoms with E-state index >= 15 is 4.79 Å². The molecule has 13 atom stereocenters. The molecule has 0 N–H and O–H groups in total. The second kappa shape index (κ2) is 20.8. The summed E-state index contributed by atoms with van der Waals surface area (Å²) in [4.78, 5) is 84.7. The van der Waals surface area contributed by atoms with Gasteiger partial charge in [-0.2, -0.15) is 0 Å². The summed E-state index contributed by atoms with van der Waals surface area (Å²) in [6.45, 7) is 18.7. The molecule has 0 bridgehead atoms. The lowest BCUT2D eigenvalue weighted by atomic mass is 9.72. The number of ketones is 2. The largest absolute Gasteiger partial charge is 0.457 e. The fourth-order valence-electron chi connectivity index (χ4n) is 11.0. The molecule has 3 saturated heterocycles. The van der Waals surface area contributed by atoms with E-state index in [1.165, 1.54) is 14.0 Å². The Labute approximate surface area is 395 Å². The number of cyclic esters (lactones) is 1. The maximum atomic E-state index is 15.1. The third-order valence-electron chi connectivity index (χ3n) is 14.9. The number of imidazole rings is 1. The first-order valence-corrected chi connectivity index (χ1v) is 24.0. The Kier molecular flexibility index (Phi) is 16.1. The number of carbonyl (C=O) groups is 5. The van der Waals surface area contributed by atoms with Crippen molar-refractivity contribution in [3.8, 4) is 0 Å². The van der Waals surface area contributed by atoms with Crippen LogP contribution in [0.15, 0.2) is 55.0 Å². The van der Waals surface area contributed by atoms with Crippen molar-refractivity contribution in [2.45, 2.75) is 167 Å². The second-order valence-electron chi connectivity index (χ2n) is 20.1. The smallest absolute Gasteiger partial charge is 0.410 e. The highest BCUT2D eigenvalue weighted by atomic mass is 16.7. The summed E-state index contributed by atoms with van der Waals surface area (Å²) in [7, 11) is 5.28. The van der Waals surface area contributed by atoms with Crippen molar-refractivity contribution >= 4 is 40.8 Å². The van der Waals surface area contributed by atoms with Gasteiger partial charge in [-0.15, -0.1) is 0 Å². The highest BCUT2D eigenvalue weighted by Crippen LogP contribution is 2.45. The Morgan fingerprint density at radius 3 is 2.30 bits per heavy atom. The van der Waals surface area contributed by atoms with Crippen LogP contribution in [0.5, 0.6) is 0 Å². The molecule has 3 aliphatic heterocycles. The quantitative estimate of drug-likeness (QED) is 0.0941. The number of aromatic nitrogens is 3. The number of esters is 2. The van der Waals surface area contributed by atoms with Gasteiger partial charge in [-0.1, -0.05) is 52.8 Å². The number of carbonyl (C=O) groups excluding carboxylic acids is 5. The number of benzene rings is 1. The lowest BCUT2D eigenvalue weighted by molar-refractivity contribution is -0.294. The molecular formula is C51H73N5O11. The maximum Gasteiger partial charge on any atom is 0.410 e. The van der Waals surface area contributed by atoms with Crippen molar-refractivity contribution in [3.63, 3.8) is 0 Å². The third-order valence-corrected chi connectivity index (χ3v) is 14.9. The van der Waals surface area contributed by atoms with Crippen LogP contribution in [0.4, 0.5) is 4.79 Å². The van der Waals surface area contributed by atoms with Gasteiger partial charge in [-0.05, 0) is 112 Å². The number of ether oxygens (including phenoxy) is 6. The minimum absolute atomic E-state index is 0.0847. The molecular weight excluding hydrogens is 859 g/mol. The number of methoxy groups -OCH3 is 1. The zero-order valence-electron chi connectivity index (χ0n) is 41.7. The molecule has 6 rings (SSSR count). The van der Waals surface area contributed by atoms with Crippen LogP contribution in [-0.4, -0.2) is 136 Å². The maximum absolute atomic E-state index is 15.1. The molecule has 0 radical (unpaired) electrons. The van der Waals surface area contributed by atoms with Crippen LogP contribution in [0.1, 0.15) is 118 Å². The highest BCUT2D eigenvalue weighted by molar-refractivity contribution is 6.00. The van der Waals surface area contributed by atoms with Crippen LogP contribution in [0, 0.1) is 23.7 Å². The molecule has 5 heterocycles. The van der Waals surface area contributed by atoms with Crippen molar-refractivity contribution in [1.82, 2.24) is 24.3 Å². The molecule has 0 aliphatic carbocycles. The molecule has 16 nitrogen and oxygen atoms in total.